The SMILES string of the molecule is Cc1cc(C(=O)COC(=O)c2ccc3c(c2)OCCO3)c(C)n1CC1CCCO1. The Labute approximate surface area is 169 Å². The van der Waals surface area contributed by atoms with Crippen LogP contribution in [0.3, 0.4) is 0 Å². The Kier molecular flexibility index (Phi) is 5.58. The van der Waals surface area contributed by atoms with Gasteiger partial charge in [0, 0.05) is 30.1 Å². The zero-order valence-electron chi connectivity index (χ0n) is 16.7. The van der Waals surface area contributed by atoms with E-state index in [0.29, 0.717) is 35.8 Å². The molecular weight excluding hydrogens is 374 g/mol. The lowest BCUT2D eigenvalue weighted by Gasteiger charge is -2.18. The van der Waals surface area contributed by atoms with E-state index < -0.39 is 5.97 Å². The number of benzene rings is 1. The highest BCUT2D eigenvalue weighted by Gasteiger charge is 2.22. The Morgan fingerprint density at radius 2 is 1.90 bits per heavy atom. The van der Waals surface area contributed by atoms with Gasteiger partial charge in [0.05, 0.1) is 11.7 Å². The smallest absolute Gasteiger partial charge is 0.338 e. The van der Waals surface area contributed by atoms with Crippen LogP contribution in [0.2, 0.25) is 0 Å². The molecule has 29 heavy (non-hydrogen) atoms. The predicted octanol–water partition coefficient (Wildman–Crippen LogP) is 3.09. The molecule has 7 heteroatoms. The lowest BCUT2D eigenvalue weighted by Crippen LogP contribution is -2.18. The average molecular weight is 399 g/mol. The summed E-state index contributed by atoms with van der Waals surface area (Å²) in [5.41, 5.74) is 2.78. The highest BCUT2D eigenvalue weighted by molar-refractivity contribution is 6.00. The normalized spacial score (nSPS) is 17.9. The fourth-order valence-electron chi connectivity index (χ4n) is 3.82. The standard InChI is InChI=1S/C22H25NO6/c1-14-10-18(15(2)23(14)12-17-4-3-7-26-17)19(24)13-29-22(25)16-5-6-20-21(11-16)28-9-8-27-20/h5-6,10-11,17H,3-4,7-9,12-13H2,1-2H3. The number of aryl methyl sites for hydroxylation is 1. The van der Waals surface area contributed by atoms with Crippen molar-refractivity contribution in [2.24, 2.45) is 0 Å². The van der Waals surface area contributed by atoms with Gasteiger partial charge < -0.3 is 23.5 Å². The Morgan fingerprint density at radius 3 is 2.66 bits per heavy atom. The van der Waals surface area contributed by atoms with E-state index >= 15 is 0 Å². The minimum atomic E-state index is -0.566. The minimum absolute atomic E-state index is 0.191. The van der Waals surface area contributed by atoms with Gasteiger partial charge in [0.1, 0.15) is 13.2 Å². The lowest BCUT2D eigenvalue weighted by atomic mass is 10.1. The van der Waals surface area contributed by atoms with Crippen molar-refractivity contribution in [3.05, 3.63) is 46.8 Å². The number of ether oxygens (including phenoxy) is 4. The predicted molar refractivity (Wildman–Crippen MR) is 105 cm³/mol. The molecular formula is C22H25NO6. The summed E-state index contributed by atoms with van der Waals surface area (Å²) >= 11 is 0. The van der Waals surface area contributed by atoms with Gasteiger partial charge in [-0.05, 0) is 51.0 Å². The highest BCUT2D eigenvalue weighted by atomic mass is 16.6. The maximum Gasteiger partial charge on any atom is 0.338 e. The third-order valence-electron chi connectivity index (χ3n) is 5.40. The molecule has 0 amide bonds. The van der Waals surface area contributed by atoms with Gasteiger partial charge in [0.2, 0.25) is 5.78 Å². The molecule has 0 N–H and O–H groups in total. The second-order valence-electron chi connectivity index (χ2n) is 7.39. The van der Waals surface area contributed by atoms with Gasteiger partial charge in [0.15, 0.2) is 18.1 Å². The number of carbonyl (C=O) groups is 2. The summed E-state index contributed by atoms with van der Waals surface area (Å²) < 4.78 is 24.0. The molecule has 3 heterocycles. The van der Waals surface area contributed by atoms with Crippen molar-refractivity contribution in [3.8, 4) is 11.5 Å². The lowest BCUT2D eigenvalue weighted by molar-refractivity contribution is 0.0473. The Morgan fingerprint density at radius 1 is 1.10 bits per heavy atom. The van der Waals surface area contributed by atoms with Crippen LogP contribution in [0.15, 0.2) is 24.3 Å². The van der Waals surface area contributed by atoms with Crippen LogP contribution in [0, 0.1) is 13.8 Å². The molecule has 1 fully saturated rings. The third kappa shape index (κ3) is 4.15. The summed E-state index contributed by atoms with van der Waals surface area (Å²) in [7, 11) is 0. The van der Waals surface area contributed by atoms with E-state index in [1.807, 2.05) is 19.9 Å². The van der Waals surface area contributed by atoms with Crippen LogP contribution in [-0.4, -0.2) is 48.9 Å². The molecule has 1 aromatic heterocycles. The largest absolute Gasteiger partial charge is 0.486 e. The Bertz CT molecular complexity index is 926. The molecule has 2 aliphatic rings. The second kappa shape index (κ2) is 8.29. The van der Waals surface area contributed by atoms with Gasteiger partial charge in [-0.25, -0.2) is 4.79 Å². The first-order chi connectivity index (χ1) is 14.0. The van der Waals surface area contributed by atoms with Gasteiger partial charge >= 0.3 is 5.97 Å². The Balaban J connectivity index is 1.40. The number of nitrogens with zero attached hydrogens (tertiary/aromatic N) is 1. The number of fused-ring (bicyclic) bond motifs is 1. The summed E-state index contributed by atoms with van der Waals surface area (Å²) in [4.78, 5) is 25.0. The van der Waals surface area contributed by atoms with Crippen LogP contribution >= 0.6 is 0 Å². The fraction of sp³-hybridized carbons (Fsp3) is 0.455. The highest BCUT2D eigenvalue weighted by Crippen LogP contribution is 2.31. The van der Waals surface area contributed by atoms with Gasteiger partial charge in [-0.15, -0.1) is 0 Å². The zero-order valence-corrected chi connectivity index (χ0v) is 16.7. The molecule has 2 aliphatic heterocycles. The molecule has 0 spiro atoms. The van der Waals surface area contributed by atoms with Gasteiger partial charge in [-0.1, -0.05) is 0 Å². The first kappa shape index (κ1) is 19.5. The van der Waals surface area contributed by atoms with E-state index in [9.17, 15) is 9.59 Å². The molecule has 0 radical (unpaired) electrons. The summed E-state index contributed by atoms with van der Waals surface area (Å²) in [6, 6.07) is 6.71. The molecule has 0 bridgehead atoms. The molecule has 2 aromatic rings. The number of hydrogen-bond acceptors (Lipinski definition) is 6. The number of rotatable bonds is 6. The maximum atomic E-state index is 12.7. The van der Waals surface area contributed by atoms with E-state index in [-0.39, 0.29) is 18.5 Å². The number of Topliss-reactive ketones (excluding diaryl/α,β-unsaturated/α-hetero) is 1. The molecule has 1 aromatic carbocycles. The quantitative estimate of drug-likeness (QED) is 0.549. The van der Waals surface area contributed by atoms with Gasteiger partial charge in [0.25, 0.3) is 0 Å². The van der Waals surface area contributed by atoms with E-state index in [0.717, 1.165) is 37.4 Å². The average Bonchev–Trinajstić information content (AvgIpc) is 3.35. The summed E-state index contributed by atoms with van der Waals surface area (Å²) in [5, 5.41) is 0. The monoisotopic (exact) mass is 399 g/mol. The van der Waals surface area contributed by atoms with Gasteiger partial charge in [-0.2, -0.15) is 0 Å². The van der Waals surface area contributed by atoms with Crippen molar-refractivity contribution in [2.45, 2.75) is 39.3 Å². The number of hydrogen-bond donors (Lipinski definition) is 0. The Hall–Kier alpha value is -2.80. The van der Waals surface area contributed by atoms with Crippen LogP contribution in [0.25, 0.3) is 0 Å². The van der Waals surface area contributed by atoms with Crippen LogP contribution in [-0.2, 0) is 16.0 Å². The molecule has 0 aliphatic carbocycles. The number of ketones is 1. The van der Waals surface area contributed by atoms with Gasteiger partial charge in [-0.3, -0.25) is 4.79 Å². The van der Waals surface area contributed by atoms with Crippen molar-refractivity contribution >= 4 is 11.8 Å². The molecule has 0 saturated carbocycles. The molecule has 1 atom stereocenters. The van der Waals surface area contributed by atoms with Crippen molar-refractivity contribution in [1.82, 2.24) is 4.57 Å². The molecule has 1 saturated heterocycles. The topological polar surface area (TPSA) is 76.0 Å². The first-order valence-corrected chi connectivity index (χ1v) is 9.91. The van der Waals surface area contributed by atoms with Crippen LogP contribution in [0.4, 0.5) is 0 Å². The van der Waals surface area contributed by atoms with E-state index in [4.69, 9.17) is 18.9 Å². The molecule has 7 nitrogen and oxygen atoms in total. The molecule has 4 rings (SSSR count). The van der Waals surface area contributed by atoms with Crippen molar-refractivity contribution < 1.29 is 28.5 Å². The maximum absolute atomic E-state index is 12.7. The van der Waals surface area contributed by atoms with Crippen LogP contribution in [0.1, 0.15) is 44.9 Å². The minimum Gasteiger partial charge on any atom is -0.486 e. The summed E-state index contributed by atoms with van der Waals surface area (Å²) in [6.45, 7) is 6.03. The van der Waals surface area contributed by atoms with Crippen molar-refractivity contribution in [2.75, 3.05) is 26.4 Å². The van der Waals surface area contributed by atoms with Crippen LogP contribution in [0.5, 0.6) is 11.5 Å². The first-order valence-electron chi connectivity index (χ1n) is 9.91. The van der Waals surface area contributed by atoms with E-state index in [2.05, 4.69) is 4.57 Å². The van der Waals surface area contributed by atoms with Crippen LogP contribution < -0.4 is 9.47 Å². The number of esters is 1. The second-order valence-corrected chi connectivity index (χ2v) is 7.39. The third-order valence-corrected chi connectivity index (χ3v) is 5.40. The number of carbonyl (C=O) groups excluding carboxylic acids is 2. The summed E-state index contributed by atoms with van der Waals surface area (Å²) in [5.74, 6) is 0.323. The molecule has 1 unspecified atom stereocenters. The molecule has 154 valence electrons. The van der Waals surface area contributed by atoms with E-state index in [1.165, 1.54) is 0 Å². The van der Waals surface area contributed by atoms with E-state index in [1.54, 1.807) is 18.2 Å². The summed E-state index contributed by atoms with van der Waals surface area (Å²) in [6.07, 6.45) is 2.30. The zero-order chi connectivity index (χ0) is 20.4. The van der Waals surface area contributed by atoms with Crippen molar-refractivity contribution in [3.63, 3.8) is 0 Å². The fourth-order valence-corrected chi connectivity index (χ4v) is 3.82. The van der Waals surface area contributed by atoms with Crippen molar-refractivity contribution in [1.29, 1.82) is 0 Å². The number of aromatic nitrogens is 1.